The Kier molecular flexibility index (Phi) is 5.11. The summed E-state index contributed by atoms with van der Waals surface area (Å²) in [5.74, 6) is 0.534. The molecule has 1 rings (SSSR count). The summed E-state index contributed by atoms with van der Waals surface area (Å²) in [7, 11) is 0. The van der Waals surface area contributed by atoms with Crippen molar-refractivity contribution in [2.24, 2.45) is 0 Å². The number of urea groups is 1. The lowest BCUT2D eigenvalue weighted by molar-refractivity contribution is -0.141. The average Bonchev–Trinajstić information content (AvgIpc) is 2.25. The third-order valence-corrected chi connectivity index (χ3v) is 3.70. The molecule has 0 aromatic carbocycles. The molecule has 0 atom stereocenters. The van der Waals surface area contributed by atoms with Gasteiger partial charge in [-0.15, -0.1) is 0 Å². The first-order chi connectivity index (χ1) is 7.94. The fourth-order valence-corrected chi connectivity index (χ4v) is 2.77. The van der Waals surface area contributed by atoms with Gasteiger partial charge in [0.15, 0.2) is 0 Å². The molecule has 0 unspecified atom stereocenters. The monoisotopic (exact) mass is 260 g/mol. The van der Waals surface area contributed by atoms with E-state index >= 15 is 0 Å². The maximum absolute atomic E-state index is 11.8. The Morgan fingerprint density at radius 2 is 2.18 bits per heavy atom. The molecule has 1 fully saturated rings. The van der Waals surface area contributed by atoms with Gasteiger partial charge in [-0.2, -0.15) is 11.8 Å². The largest absolute Gasteiger partial charge is 0.465 e. The van der Waals surface area contributed by atoms with Crippen molar-refractivity contribution in [3.63, 3.8) is 0 Å². The molecule has 1 heterocycles. The van der Waals surface area contributed by atoms with E-state index in [-0.39, 0.29) is 17.3 Å². The summed E-state index contributed by atoms with van der Waals surface area (Å²) in [6.45, 7) is 7.67. The number of esters is 1. The van der Waals surface area contributed by atoms with Crippen LogP contribution in [0.15, 0.2) is 0 Å². The number of nitrogens with zero attached hydrogens (tertiary/aromatic N) is 1. The van der Waals surface area contributed by atoms with E-state index in [1.807, 2.05) is 11.8 Å². The van der Waals surface area contributed by atoms with Crippen molar-refractivity contribution in [3.05, 3.63) is 0 Å². The molecular formula is C11H20N2O3S. The summed E-state index contributed by atoms with van der Waals surface area (Å²) in [6.07, 6.45) is 0. The number of carbonyl (C=O) groups excluding carboxylic acids is 2. The lowest BCUT2D eigenvalue weighted by Gasteiger charge is -2.37. The van der Waals surface area contributed by atoms with Crippen LogP contribution in [0.1, 0.15) is 20.8 Å². The summed E-state index contributed by atoms with van der Waals surface area (Å²) in [4.78, 5) is 24.6. The lowest BCUT2D eigenvalue weighted by atomic mass is 10.2. The Morgan fingerprint density at radius 3 is 2.76 bits per heavy atom. The van der Waals surface area contributed by atoms with Crippen molar-refractivity contribution in [3.8, 4) is 0 Å². The van der Waals surface area contributed by atoms with Crippen LogP contribution in [0.2, 0.25) is 0 Å². The van der Waals surface area contributed by atoms with E-state index in [4.69, 9.17) is 4.74 Å². The van der Waals surface area contributed by atoms with Crippen LogP contribution in [0.5, 0.6) is 0 Å². The van der Waals surface area contributed by atoms with E-state index in [9.17, 15) is 9.59 Å². The van der Waals surface area contributed by atoms with Crippen molar-refractivity contribution in [1.29, 1.82) is 0 Å². The minimum Gasteiger partial charge on any atom is -0.465 e. The van der Waals surface area contributed by atoms with Crippen LogP contribution in [0.4, 0.5) is 4.79 Å². The molecule has 1 aliphatic heterocycles. The highest BCUT2D eigenvalue weighted by Gasteiger charge is 2.29. The number of carbonyl (C=O) groups is 2. The topological polar surface area (TPSA) is 58.6 Å². The molecule has 0 aromatic heterocycles. The third-order valence-electron chi connectivity index (χ3n) is 2.40. The second-order valence-electron chi connectivity index (χ2n) is 4.49. The maximum atomic E-state index is 11.8. The number of nitrogens with one attached hydrogen (secondary N) is 1. The van der Waals surface area contributed by atoms with E-state index in [1.165, 1.54) is 0 Å². The van der Waals surface area contributed by atoms with Gasteiger partial charge in [0, 0.05) is 23.6 Å². The highest BCUT2D eigenvalue weighted by Crippen LogP contribution is 2.29. The van der Waals surface area contributed by atoms with Gasteiger partial charge in [0.05, 0.1) is 6.61 Å². The van der Waals surface area contributed by atoms with Gasteiger partial charge >= 0.3 is 12.0 Å². The number of hydrogen-bond acceptors (Lipinski definition) is 4. The predicted molar refractivity (Wildman–Crippen MR) is 68.1 cm³/mol. The first-order valence-corrected chi connectivity index (χ1v) is 6.75. The quantitative estimate of drug-likeness (QED) is 0.772. The minimum atomic E-state index is -0.397. The number of amides is 2. The van der Waals surface area contributed by atoms with Crippen molar-refractivity contribution >= 4 is 23.8 Å². The Hall–Kier alpha value is -0.910. The lowest BCUT2D eigenvalue weighted by Crippen LogP contribution is -2.50. The van der Waals surface area contributed by atoms with Crippen molar-refractivity contribution in [1.82, 2.24) is 10.2 Å². The summed E-state index contributed by atoms with van der Waals surface area (Å²) in [6, 6.07) is -0.188. The minimum absolute atomic E-state index is 0.0588. The normalized spacial score (nSPS) is 18.6. The second-order valence-corrected chi connectivity index (χ2v) is 6.30. The van der Waals surface area contributed by atoms with Gasteiger partial charge in [-0.1, -0.05) is 0 Å². The fraction of sp³-hybridized carbons (Fsp3) is 0.818. The van der Waals surface area contributed by atoms with Crippen molar-refractivity contribution < 1.29 is 14.3 Å². The Labute approximate surface area is 106 Å². The van der Waals surface area contributed by atoms with Gasteiger partial charge in [-0.05, 0) is 20.8 Å². The van der Waals surface area contributed by atoms with E-state index in [1.54, 1.807) is 11.8 Å². The van der Waals surface area contributed by atoms with E-state index in [2.05, 4.69) is 19.2 Å². The molecule has 2 amide bonds. The van der Waals surface area contributed by atoms with Gasteiger partial charge in [0.25, 0.3) is 0 Å². The molecule has 0 bridgehead atoms. The van der Waals surface area contributed by atoms with Gasteiger partial charge in [0.1, 0.15) is 6.54 Å². The molecular weight excluding hydrogens is 240 g/mol. The molecule has 0 radical (unpaired) electrons. The van der Waals surface area contributed by atoms with Crippen LogP contribution >= 0.6 is 11.8 Å². The summed E-state index contributed by atoms with van der Waals surface area (Å²) < 4.78 is 4.83. The highest BCUT2D eigenvalue weighted by atomic mass is 32.2. The van der Waals surface area contributed by atoms with Crippen LogP contribution in [-0.2, 0) is 9.53 Å². The fourth-order valence-electron chi connectivity index (χ4n) is 1.66. The molecule has 0 aliphatic carbocycles. The second kappa shape index (κ2) is 6.14. The molecule has 0 saturated carbocycles. The summed E-state index contributed by atoms with van der Waals surface area (Å²) >= 11 is 1.86. The van der Waals surface area contributed by atoms with Crippen LogP contribution < -0.4 is 5.32 Å². The van der Waals surface area contributed by atoms with Crippen LogP contribution in [0, 0.1) is 0 Å². The SMILES string of the molecule is CCOC(=O)CNC(=O)N1CCSC(C)(C)C1. The average molecular weight is 260 g/mol. The first kappa shape index (κ1) is 14.2. The Balaban J connectivity index is 2.35. The predicted octanol–water partition coefficient (Wildman–Crippen LogP) is 1.09. The standard InChI is InChI=1S/C11H20N2O3S/c1-4-16-9(14)7-12-10(15)13-5-6-17-11(2,3)8-13/h4-8H2,1-3H3,(H,12,15). The van der Waals surface area contributed by atoms with Gasteiger partial charge in [-0.3, -0.25) is 4.79 Å². The zero-order valence-corrected chi connectivity index (χ0v) is 11.4. The van der Waals surface area contributed by atoms with Gasteiger partial charge in [0.2, 0.25) is 0 Å². The molecule has 6 heteroatoms. The number of hydrogen-bond donors (Lipinski definition) is 1. The van der Waals surface area contributed by atoms with Crippen LogP contribution in [0.25, 0.3) is 0 Å². The first-order valence-electron chi connectivity index (χ1n) is 5.77. The molecule has 17 heavy (non-hydrogen) atoms. The van der Waals surface area contributed by atoms with Gasteiger partial charge in [-0.25, -0.2) is 4.79 Å². The molecule has 1 aliphatic rings. The molecule has 1 saturated heterocycles. The van der Waals surface area contributed by atoms with Crippen LogP contribution in [0.3, 0.4) is 0 Å². The van der Waals surface area contributed by atoms with Crippen molar-refractivity contribution in [2.45, 2.75) is 25.5 Å². The molecule has 0 spiro atoms. The van der Waals surface area contributed by atoms with Gasteiger partial charge < -0.3 is 15.0 Å². The number of rotatable bonds is 3. The van der Waals surface area contributed by atoms with E-state index in [0.717, 1.165) is 12.3 Å². The van der Waals surface area contributed by atoms with E-state index < -0.39 is 5.97 Å². The summed E-state index contributed by atoms with van der Waals surface area (Å²) in [5, 5.41) is 2.58. The number of thioether (sulfide) groups is 1. The zero-order valence-electron chi connectivity index (χ0n) is 10.6. The number of ether oxygens (including phenoxy) is 1. The maximum Gasteiger partial charge on any atom is 0.325 e. The summed E-state index contributed by atoms with van der Waals surface area (Å²) in [5.41, 5.74) is 0. The van der Waals surface area contributed by atoms with E-state index in [0.29, 0.717) is 13.2 Å². The smallest absolute Gasteiger partial charge is 0.325 e. The Morgan fingerprint density at radius 1 is 1.47 bits per heavy atom. The molecule has 5 nitrogen and oxygen atoms in total. The molecule has 0 aromatic rings. The Bertz CT molecular complexity index is 294. The molecule has 1 N–H and O–H groups in total. The van der Waals surface area contributed by atoms with Crippen LogP contribution in [-0.4, -0.2) is 53.6 Å². The van der Waals surface area contributed by atoms with Crippen molar-refractivity contribution in [2.75, 3.05) is 32.0 Å². The third kappa shape index (κ3) is 4.85. The molecule has 98 valence electrons. The highest BCUT2D eigenvalue weighted by molar-refractivity contribution is 8.00. The zero-order chi connectivity index (χ0) is 12.9.